The van der Waals surface area contributed by atoms with Crippen LogP contribution in [0.3, 0.4) is 0 Å². The Morgan fingerprint density at radius 2 is 1.93 bits per heavy atom. The second kappa shape index (κ2) is 9.66. The van der Waals surface area contributed by atoms with Gasteiger partial charge < -0.3 is 14.5 Å². The fourth-order valence-corrected chi connectivity index (χ4v) is 3.68. The minimum Gasteiger partial charge on any atom is -0.493 e. The van der Waals surface area contributed by atoms with Crippen LogP contribution in [-0.2, 0) is 4.79 Å². The van der Waals surface area contributed by atoms with Gasteiger partial charge in [-0.15, -0.1) is 0 Å². The van der Waals surface area contributed by atoms with E-state index >= 15 is 0 Å². The summed E-state index contributed by atoms with van der Waals surface area (Å²) in [6, 6.07) is 10.4. The summed E-state index contributed by atoms with van der Waals surface area (Å²) in [7, 11) is 0. The monoisotopic (exact) mass is 405 g/mol. The molecule has 0 bridgehead atoms. The Morgan fingerprint density at radius 3 is 2.63 bits per heavy atom. The molecule has 0 saturated carbocycles. The molecule has 4 nitrogen and oxygen atoms in total. The second-order valence-electron chi connectivity index (χ2n) is 7.72. The predicted octanol–water partition coefficient (Wildman–Crippen LogP) is 6.43. The van der Waals surface area contributed by atoms with Gasteiger partial charge in [0, 0.05) is 35.2 Å². The van der Waals surface area contributed by atoms with Gasteiger partial charge in [0.15, 0.2) is 0 Å². The van der Waals surface area contributed by atoms with Crippen LogP contribution in [0.15, 0.2) is 47.1 Å². The molecule has 0 aliphatic rings. The fraction of sp³-hybridized carbons (Fsp3) is 0.346. The Labute approximate surface area is 178 Å². The van der Waals surface area contributed by atoms with Crippen molar-refractivity contribution in [3.8, 4) is 16.9 Å². The maximum absolute atomic E-state index is 12.3. The number of ether oxygens (including phenoxy) is 1. The third kappa shape index (κ3) is 4.76. The van der Waals surface area contributed by atoms with E-state index in [0.717, 1.165) is 51.8 Å². The van der Waals surface area contributed by atoms with Gasteiger partial charge in [-0.3, -0.25) is 4.79 Å². The summed E-state index contributed by atoms with van der Waals surface area (Å²) in [6.07, 6.45) is 5.48. The van der Waals surface area contributed by atoms with E-state index in [0.29, 0.717) is 13.2 Å². The highest BCUT2D eigenvalue weighted by Crippen LogP contribution is 2.38. The molecule has 158 valence electrons. The van der Waals surface area contributed by atoms with Crippen molar-refractivity contribution in [1.82, 2.24) is 5.32 Å². The molecule has 0 saturated heterocycles. The maximum atomic E-state index is 12.3. The molecule has 0 aliphatic heterocycles. The number of amides is 1. The molecule has 3 aromatic rings. The van der Waals surface area contributed by atoms with E-state index in [1.165, 1.54) is 11.1 Å². The van der Waals surface area contributed by atoms with E-state index in [2.05, 4.69) is 50.4 Å². The number of benzene rings is 2. The lowest BCUT2D eigenvalue weighted by Crippen LogP contribution is -2.22. The Morgan fingerprint density at radius 1 is 1.13 bits per heavy atom. The summed E-state index contributed by atoms with van der Waals surface area (Å²) < 4.78 is 11.7. The van der Waals surface area contributed by atoms with Crippen molar-refractivity contribution < 1.29 is 13.9 Å². The van der Waals surface area contributed by atoms with E-state index in [9.17, 15) is 4.79 Å². The number of carbonyl (C=O) groups excluding carboxylic acids is 1. The Bertz CT molecular complexity index is 1080. The SMILES string of the molecule is CCCCNC(=O)/C=C(\C)c1cc2c(-c3ccc(C)cc3C)coc2cc1OCC. The number of allylic oxidation sites excluding steroid dienone is 1. The van der Waals surface area contributed by atoms with Crippen LogP contribution in [0.1, 0.15) is 50.3 Å². The Hall–Kier alpha value is -3.01. The lowest BCUT2D eigenvalue weighted by Gasteiger charge is -2.12. The highest BCUT2D eigenvalue weighted by Gasteiger charge is 2.16. The van der Waals surface area contributed by atoms with Crippen molar-refractivity contribution in [3.05, 3.63) is 59.4 Å². The summed E-state index contributed by atoms with van der Waals surface area (Å²) in [6.45, 7) is 11.4. The average molecular weight is 406 g/mol. The topological polar surface area (TPSA) is 51.5 Å². The van der Waals surface area contributed by atoms with Gasteiger partial charge in [0.1, 0.15) is 11.3 Å². The molecule has 0 radical (unpaired) electrons. The number of fused-ring (bicyclic) bond motifs is 1. The molecule has 0 aliphatic carbocycles. The van der Waals surface area contributed by atoms with Crippen molar-refractivity contribution >= 4 is 22.4 Å². The first kappa shape index (κ1) is 21.7. The number of aryl methyl sites for hydroxylation is 2. The molecule has 1 amide bonds. The van der Waals surface area contributed by atoms with Gasteiger partial charge in [-0.2, -0.15) is 0 Å². The van der Waals surface area contributed by atoms with Gasteiger partial charge in [-0.05, 0) is 56.9 Å². The molecule has 0 atom stereocenters. The second-order valence-corrected chi connectivity index (χ2v) is 7.72. The number of furan rings is 1. The van der Waals surface area contributed by atoms with Crippen LogP contribution in [0.4, 0.5) is 0 Å². The largest absolute Gasteiger partial charge is 0.493 e. The normalized spacial score (nSPS) is 11.7. The number of rotatable bonds is 8. The van der Waals surface area contributed by atoms with Gasteiger partial charge in [0.05, 0.1) is 12.9 Å². The van der Waals surface area contributed by atoms with Gasteiger partial charge in [-0.25, -0.2) is 0 Å². The first-order valence-electron chi connectivity index (χ1n) is 10.7. The molecule has 0 unspecified atom stereocenters. The van der Waals surface area contributed by atoms with E-state index in [4.69, 9.17) is 9.15 Å². The van der Waals surface area contributed by atoms with Crippen molar-refractivity contribution in [1.29, 1.82) is 0 Å². The molecule has 0 spiro atoms. The summed E-state index contributed by atoms with van der Waals surface area (Å²) in [4.78, 5) is 12.3. The Kier molecular flexibility index (Phi) is 6.99. The molecular formula is C26H31NO3. The zero-order valence-electron chi connectivity index (χ0n) is 18.6. The summed E-state index contributed by atoms with van der Waals surface area (Å²) in [5.41, 5.74) is 7.18. The Balaban J connectivity index is 2.06. The summed E-state index contributed by atoms with van der Waals surface area (Å²) >= 11 is 0. The molecule has 0 fully saturated rings. The lowest BCUT2D eigenvalue weighted by atomic mass is 9.96. The quantitative estimate of drug-likeness (QED) is 0.347. The lowest BCUT2D eigenvalue weighted by molar-refractivity contribution is -0.116. The third-order valence-corrected chi connectivity index (χ3v) is 5.25. The number of carbonyl (C=O) groups is 1. The van der Waals surface area contributed by atoms with Crippen molar-refractivity contribution in [2.45, 2.75) is 47.5 Å². The molecule has 1 heterocycles. The minimum atomic E-state index is -0.0784. The van der Waals surface area contributed by atoms with E-state index in [-0.39, 0.29) is 5.91 Å². The average Bonchev–Trinajstić information content (AvgIpc) is 3.10. The van der Waals surface area contributed by atoms with E-state index in [1.54, 1.807) is 12.3 Å². The number of hydrogen-bond acceptors (Lipinski definition) is 3. The van der Waals surface area contributed by atoms with Crippen LogP contribution in [0.5, 0.6) is 5.75 Å². The molecule has 1 aromatic heterocycles. The van der Waals surface area contributed by atoms with Crippen LogP contribution >= 0.6 is 0 Å². The summed E-state index contributed by atoms with van der Waals surface area (Å²) in [5.74, 6) is 0.645. The number of unbranched alkanes of at least 4 members (excludes halogenated alkanes) is 1. The highest BCUT2D eigenvalue weighted by atomic mass is 16.5. The van der Waals surface area contributed by atoms with E-state index in [1.807, 2.05) is 19.9 Å². The van der Waals surface area contributed by atoms with E-state index < -0.39 is 0 Å². The van der Waals surface area contributed by atoms with Crippen molar-refractivity contribution in [2.24, 2.45) is 0 Å². The molecule has 2 aromatic carbocycles. The van der Waals surface area contributed by atoms with Gasteiger partial charge in [0.25, 0.3) is 0 Å². The predicted molar refractivity (Wildman–Crippen MR) is 124 cm³/mol. The molecule has 1 N–H and O–H groups in total. The first-order chi connectivity index (χ1) is 14.4. The van der Waals surface area contributed by atoms with Gasteiger partial charge >= 0.3 is 0 Å². The van der Waals surface area contributed by atoms with Crippen molar-refractivity contribution in [3.63, 3.8) is 0 Å². The zero-order valence-corrected chi connectivity index (χ0v) is 18.6. The first-order valence-corrected chi connectivity index (χ1v) is 10.7. The standard InChI is InChI=1S/C26H31NO3/c1-6-8-11-27-26(28)13-19(5)21-14-22-23(20-10-9-17(3)12-18(20)4)16-30-25(22)15-24(21)29-7-2/h9-10,12-16H,6-8,11H2,1-5H3,(H,27,28)/b19-13+. The van der Waals surface area contributed by atoms with Crippen LogP contribution < -0.4 is 10.1 Å². The molecule has 30 heavy (non-hydrogen) atoms. The highest BCUT2D eigenvalue weighted by molar-refractivity contribution is 6.00. The molecular weight excluding hydrogens is 374 g/mol. The van der Waals surface area contributed by atoms with Crippen LogP contribution in [0.25, 0.3) is 27.7 Å². The van der Waals surface area contributed by atoms with Gasteiger partial charge in [-0.1, -0.05) is 37.1 Å². The summed E-state index contributed by atoms with van der Waals surface area (Å²) in [5, 5.41) is 3.96. The minimum absolute atomic E-state index is 0.0784. The van der Waals surface area contributed by atoms with Crippen molar-refractivity contribution in [2.75, 3.05) is 13.2 Å². The van der Waals surface area contributed by atoms with Gasteiger partial charge in [0.2, 0.25) is 5.91 Å². The molecule has 4 heteroatoms. The number of nitrogens with one attached hydrogen (secondary N) is 1. The zero-order chi connectivity index (χ0) is 21.7. The van der Waals surface area contributed by atoms with Crippen LogP contribution in [0.2, 0.25) is 0 Å². The fourth-order valence-electron chi connectivity index (χ4n) is 3.68. The van der Waals surface area contributed by atoms with Crippen LogP contribution in [0, 0.1) is 13.8 Å². The molecule has 3 rings (SSSR count). The maximum Gasteiger partial charge on any atom is 0.244 e. The number of hydrogen-bond donors (Lipinski definition) is 1. The third-order valence-electron chi connectivity index (χ3n) is 5.25. The smallest absolute Gasteiger partial charge is 0.244 e. The van der Waals surface area contributed by atoms with Crippen LogP contribution in [-0.4, -0.2) is 19.1 Å².